The maximum absolute atomic E-state index is 13.0. The number of anilines is 1. The number of hydrogen-bond acceptors (Lipinski definition) is 6. The zero-order valence-corrected chi connectivity index (χ0v) is 17.1. The number of hydrogen-bond donors (Lipinski definition) is 1. The van der Waals surface area contributed by atoms with Crippen molar-refractivity contribution in [1.29, 1.82) is 0 Å². The Labute approximate surface area is 172 Å². The molecule has 0 spiro atoms. The molecule has 4 rings (SSSR count). The molecule has 0 aliphatic carbocycles. The number of nitrogens with zero attached hydrogens (tertiary/aromatic N) is 5. The van der Waals surface area contributed by atoms with Crippen molar-refractivity contribution in [2.24, 2.45) is 5.92 Å². The molecule has 3 heterocycles. The minimum absolute atomic E-state index is 0.0544. The first kappa shape index (κ1) is 19.3. The third-order valence-electron chi connectivity index (χ3n) is 5.03. The summed E-state index contributed by atoms with van der Waals surface area (Å²) in [6.07, 6.45) is 2.71. The van der Waals surface area contributed by atoms with Crippen LogP contribution in [0.25, 0.3) is 11.3 Å². The van der Waals surface area contributed by atoms with Gasteiger partial charge >= 0.3 is 0 Å². The normalized spacial score (nSPS) is 16.4. The van der Waals surface area contributed by atoms with E-state index in [4.69, 9.17) is 0 Å². The maximum atomic E-state index is 13.0. The minimum Gasteiger partial charge on any atom is -0.341 e. The van der Waals surface area contributed by atoms with E-state index < -0.39 is 0 Å². The van der Waals surface area contributed by atoms with Crippen LogP contribution in [-0.4, -0.2) is 50.7 Å². The van der Waals surface area contributed by atoms with E-state index >= 15 is 0 Å². The summed E-state index contributed by atoms with van der Waals surface area (Å²) in [5.41, 5.74) is 2.85. The number of carbonyl (C=O) groups excluding carboxylic acids is 2. The van der Waals surface area contributed by atoms with Gasteiger partial charge in [-0.25, -0.2) is 0 Å². The average molecular weight is 411 g/mol. The lowest BCUT2D eigenvalue weighted by Gasteiger charge is -2.21. The third kappa shape index (κ3) is 3.91. The van der Waals surface area contributed by atoms with Gasteiger partial charge in [0.05, 0.1) is 17.8 Å². The first-order chi connectivity index (χ1) is 14.1. The lowest BCUT2D eigenvalue weighted by atomic mass is 10.1. The number of benzene rings is 1. The number of aromatic nitrogens is 4. The topological polar surface area (TPSA) is 95.1 Å². The van der Waals surface area contributed by atoms with Crippen LogP contribution in [-0.2, 0) is 22.6 Å². The molecule has 1 unspecified atom stereocenters. The molecule has 2 aromatic heterocycles. The fourth-order valence-corrected chi connectivity index (χ4v) is 4.29. The summed E-state index contributed by atoms with van der Waals surface area (Å²) in [5.74, 6) is -0.515. The summed E-state index contributed by atoms with van der Waals surface area (Å²) in [5, 5.41) is 16.8. The molecule has 1 fully saturated rings. The summed E-state index contributed by atoms with van der Waals surface area (Å²) in [6.45, 7) is 2.76. The Hall–Kier alpha value is -3.07. The molecule has 2 amide bonds. The quantitative estimate of drug-likeness (QED) is 0.674. The molecule has 1 aliphatic heterocycles. The van der Waals surface area contributed by atoms with Crippen molar-refractivity contribution >= 4 is 28.3 Å². The Morgan fingerprint density at radius 3 is 2.83 bits per heavy atom. The Morgan fingerprint density at radius 2 is 2.10 bits per heavy atom. The molecule has 0 radical (unpaired) electrons. The summed E-state index contributed by atoms with van der Waals surface area (Å²) in [4.78, 5) is 28.7. The monoisotopic (exact) mass is 410 g/mol. The van der Waals surface area contributed by atoms with Crippen LogP contribution < -0.4 is 4.90 Å². The van der Waals surface area contributed by atoms with Crippen LogP contribution >= 0.6 is 11.3 Å². The van der Waals surface area contributed by atoms with Gasteiger partial charge in [0.2, 0.25) is 16.9 Å². The molecule has 9 heteroatoms. The fraction of sp³-hybridized carbons (Fsp3) is 0.350. The number of amides is 2. The van der Waals surface area contributed by atoms with Gasteiger partial charge < -0.3 is 4.90 Å². The predicted octanol–water partition coefficient (Wildman–Crippen LogP) is 2.50. The summed E-state index contributed by atoms with van der Waals surface area (Å²) in [6, 6.07) is 9.88. The standard InChI is InChI=1S/C20H22N6O2S/c1-3-16-22-24-20(29-16)26-12-14(9-17(26)27)19(28)25(2)11-15-10-21-23-18(15)13-7-5-4-6-8-13/h4-8,10,14H,3,9,11-12H2,1-2H3,(H,21,23). The van der Waals surface area contributed by atoms with E-state index in [1.165, 1.54) is 11.3 Å². The van der Waals surface area contributed by atoms with E-state index in [0.717, 1.165) is 28.2 Å². The van der Waals surface area contributed by atoms with Gasteiger partial charge in [-0.2, -0.15) is 5.10 Å². The molecular formula is C20H22N6O2S. The van der Waals surface area contributed by atoms with Crippen molar-refractivity contribution in [3.8, 4) is 11.3 Å². The fourth-order valence-electron chi connectivity index (χ4n) is 3.49. The van der Waals surface area contributed by atoms with Crippen molar-refractivity contribution in [1.82, 2.24) is 25.3 Å². The summed E-state index contributed by atoms with van der Waals surface area (Å²) >= 11 is 1.40. The minimum atomic E-state index is -0.381. The van der Waals surface area contributed by atoms with Crippen LogP contribution in [0.4, 0.5) is 5.13 Å². The van der Waals surface area contributed by atoms with Gasteiger partial charge in [0.15, 0.2) is 0 Å². The smallest absolute Gasteiger partial charge is 0.229 e. The largest absolute Gasteiger partial charge is 0.341 e. The zero-order chi connectivity index (χ0) is 20.4. The van der Waals surface area contributed by atoms with E-state index in [1.54, 1.807) is 23.0 Å². The van der Waals surface area contributed by atoms with Crippen molar-refractivity contribution in [3.05, 3.63) is 47.1 Å². The average Bonchev–Trinajstić information content (AvgIpc) is 3.47. The van der Waals surface area contributed by atoms with Crippen molar-refractivity contribution in [3.63, 3.8) is 0 Å². The molecule has 1 N–H and O–H groups in total. The Balaban J connectivity index is 1.44. The molecule has 1 atom stereocenters. The van der Waals surface area contributed by atoms with Crippen LogP contribution in [0.2, 0.25) is 0 Å². The summed E-state index contributed by atoms with van der Waals surface area (Å²) in [7, 11) is 1.76. The molecule has 1 aliphatic rings. The maximum Gasteiger partial charge on any atom is 0.229 e. The molecule has 8 nitrogen and oxygen atoms in total. The van der Waals surface area contributed by atoms with Crippen LogP contribution in [0, 0.1) is 5.92 Å². The Bertz CT molecular complexity index is 1010. The first-order valence-corrected chi connectivity index (χ1v) is 10.3. The highest BCUT2D eigenvalue weighted by atomic mass is 32.1. The second kappa shape index (κ2) is 8.12. The predicted molar refractivity (Wildman–Crippen MR) is 110 cm³/mol. The van der Waals surface area contributed by atoms with Gasteiger partial charge in [-0.3, -0.25) is 19.6 Å². The number of carbonyl (C=O) groups is 2. The van der Waals surface area contributed by atoms with Crippen LogP contribution in [0.1, 0.15) is 23.9 Å². The second-order valence-electron chi connectivity index (χ2n) is 7.07. The molecular weight excluding hydrogens is 388 g/mol. The number of H-pyrrole nitrogens is 1. The van der Waals surface area contributed by atoms with E-state index in [0.29, 0.717) is 18.2 Å². The van der Waals surface area contributed by atoms with Gasteiger partial charge in [0, 0.05) is 32.1 Å². The Morgan fingerprint density at radius 1 is 1.31 bits per heavy atom. The van der Waals surface area contributed by atoms with Crippen LogP contribution in [0.5, 0.6) is 0 Å². The van der Waals surface area contributed by atoms with Gasteiger partial charge in [0.1, 0.15) is 5.01 Å². The number of nitrogens with one attached hydrogen (secondary N) is 1. The molecule has 1 saturated heterocycles. The van der Waals surface area contributed by atoms with Crippen molar-refractivity contribution in [2.75, 3.05) is 18.5 Å². The van der Waals surface area contributed by atoms with Gasteiger partial charge in [-0.1, -0.05) is 48.6 Å². The highest BCUT2D eigenvalue weighted by molar-refractivity contribution is 7.15. The molecule has 29 heavy (non-hydrogen) atoms. The van der Waals surface area contributed by atoms with Crippen molar-refractivity contribution < 1.29 is 9.59 Å². The third-order valence-corrected chi connectivity index (χ3v) is 6.12. The molecule has 0 saturated carbocycles. The molecule has 0 bridgehead atoms. The van der Waals surface area contributed by atoms with Gasteiger partial charge in [-0.05, 0) is 12.0 Å². The van der Waals surface area contributed by atoms with E-state index in [9.17, 15) is 9.59 Å². The number of aromatic amines is 1. The zero-order valence-electron chi connectivity index (χ0n) is 16.3. The lowest BCUT2D eigenvalue weighted by molar-refractivity contribution is -0.135. The highest BCUT2D eigenvalue weighted by Crippen LogP contribution is 2.29. The van der Waals surface area contributed by atoms with E-state index in [1.807, 2.05) is 37.3 Å². The highest BCUT2D eigenvalue weighted by Gasteiger charge is 2.38. The second-order valence-corrected chi connectivity index (χ2v) is 8.11. The lowest BCUT2D eigenvalue weighted by Crippen LogP contribution is -2.34. The van der Waals surface area contributed by atoms with Crippen LogP contribution in [0.15, 0.2) is 36.5 Å². The number of aryl methyl sites for hydroxylation is 1. The first-order valence-electron chi connectivity index (χ1n) is 9.52. The van der Waals surface area contributed by atoms with Gasteiger partial charge in [0.25, 0.3) is 0 Å². The van der Waals surface area contributed by atoms with Gasteiger partial charge in [-0.15, -0.1) is 10.2 Å². The van der Waals surface area contributed by atoms with Crippen molar-refractivity contribution in [2.45, 2.75) is 26.3 Å². The number of rotatable bonds is 6. The molecule has 150 valence electrons. The molecule has 3 aromatic rings. The SMILES string of the molecule is CCc1nnc(N2CC(C(=O)N(C)Cc3cn[nH]c3-c3ccccc3)CC2=O)s1. The van der Waals surface area contributed by atoms with E-state index in [-0.39, 0.29) is 24.2 Å². The Kier molecular flexibility index (Phi) is 5.39. The molecule has 1 aromatic carbocycles. The van der Waals surface area contributed by atoms with E-state index in [2.05, 4.69) is 20.4 Å². The van der Waals surface area contributed by atoms with Crippen LogP contribution in [0.3, 0.4) is 0 Å². The summed E-state index contributed by atoms with van der Waals surface area (Å²) < 4.78 is 0.